The van der Waals surface area contributed by atoms with E-state index in [4.69, 9.17) is 16.3 Å². The molecule has 0 aliphatic carbocycles. The second-order valence-corrected chi connectivity index (χ2v) is 4.86. The molecule has 1 aromatic carbocycles. The summed E-state index contributed by atoms with van der Waals surface area (Å²) >= 11 is 5.88. The lowest BCUT2D eigenvalue weighted by atomic mass is 10.2. The first-order valence-corrected chi connectivity index (χ1v) is 6.37. The fourth-order valence-electron chi connectivity index (χ4n) is 1.99. The number of ether oxygens (including phenoxy) is 1. The van der Waals surface area contributed by atoms with Gasteiger partial charge in [0, 0.05) is 36.8 Å². The van der Waals surface area contributed by atoms with Gasteiger partial charge in [-0.25, -0.2) is 0 Å². The smallest absolute Gasteiger partial charge is 0.253 e. The van der Waals surface area contributed by atoms with E-state index in [1.54, 1.807) is 36.2 Å². The van der Waals surface area contributed by atoms with Crippen molar-refractivity contribution in [3.8, 4) is 0 Å². The molecule has 5 heteroatoms. The molecule has 1 N–H and O–H groups in total. The molecule has 0 bridgehead atoms. The summed E-state index contributed by atoms with van der Waals surface area (Å²) < 4.78 is 5.37. The highest BCUT2D eigenvalue weighted by Gasteiger charge is 2.19. The molecular weight excluding hydrogens is 252 g/mol. The van der Waals surface area contributed by atoms with Gasteiger partial charge in [0.15, 0.2) is 0 Å². The van der Waals surface area contributed by atoms with Crippen molar-refractivity contribution in [3.63, 3.8) is 0 Å². The van der Waals surface area contributed by atoms with E-state index >= 15 is 0 Å². The number of nitrogens with zero attached hydrogens (tertiary/aromatic N) is 1. The van der Waals surface area contributed by atoms with Crippen LogP contribution in [0.15, 0.2) is 24.3 Å². The van der Waals surface area contributed by atoms with Crippen molar-refractivity contribution in [1.82, 2.24) is 10.2 Å². The number of rotatable bonds is 3. The number of halogens is 1. The van der Waals surface area contributed by atoms with E-state index in [2.05, 4.69) is 5.32 Å². The molecular formula is C13H17ClN2O2. The molecule has 1 amide bonds. The maximum Gasteiger partial charge on any atom is 0.253 e. The van der Waals surface area contributed by atoms with Crippen molar-refractivity contribution in [2.45, 2.75) is 6.04 Å². The van der Waals surface area contributed by atoms with Crippen LogP contribution in [0.3, 0.4) is 0 Å². The molecule has 1 fully saturated rings. The topological polar surface area (TPSA) is 41.6 Å². The minimum absolute atomic E-state index is 0.0233. The molecule has 2 rings (SSSR count). The van der Waals surface area contributed by atoms with Gasteiger partial charge in [-0.05, 0) is 18.2 Å². The molecule has 0 radical (unpaired) electrons. The van der Waals surface area contributed by atoms with Crippen molar-refractivity contribution in [1.29, 1.82) is 0 Å². The third-order valence-corrected chi connectivity index (χ3v) is 3.15. The van der Waals surface area contributed by atoms with Gasteiger partial charge in [0.2, 0.25) is 0 Å². The summed E-state index contributed by atoms with van der Waals surface area (Å²) in [5.74, 6) is -0.0233. The highest BCUT2D eigenvalue weighted by molar-refractivity contribution is 6.30. The Hall–Kier alpha value is -1.10. The lowest BCUT2D eigenvalue weighted by Crippen LogP contribution is -2.48. The molecule has 98 valence electrons. The lowest BCUT2D eigenvalue weighted by molar-refractivity contribution is 0.0565. The van der Waals surface area contributed by atoms with Gasteiger partial charge in [0.25, 0.3) is 5.91 Å². The molecule has 1 aliphatic heterocycles. The van der Waals surface area contributed by atoms with E-state index in [9.17, 15) is 4.79 Å². The maximum atomic E-state index is 12.2. The predicted molar refractivity (Wildman–Crippen MR) is 71.0 cm³/mol. The van der Waals surface area contributed by atoms with Gasteiger partial charge in [-0.15, -0.1) is 0 Å². The first-order chi connectivity index (χ1) is 8.66. The number of amides is 1. The summed E-state index contributed by atoms with van der Waals surface area (Å²) in [6, 6.07) is 7.20. The van der Waals surface area contributed by atoms with Gasteiger partial charge >= 0.3 is 0 Å². The minimum atomic E-state index is -0.0233. The Labute approximate surface area is 112 Å². The third-order valence-electron chi connectivity index (χ3n) is 2.91. The van der Waals surface area contributed by atoms with Gasteiger partial charge in [-0.2, -0.15) is 0 Å². The normalized spacial score (nSPS) is 19.6. The number of likely N-dealkylation sites (N-methyl/N-ethyl adjacent to an activating group) is 1. The van der Waals surface area contributed by atoms with Gasteiger partial charge in [-0.1, -0.05) is 17.7 Å². The van der Waals surface area contributed by atoms with Crippen LogP contribution in [0.25, 0.3) is 0 Å². The van der Waals surface area contributed by atoms with E-state index < -0.39 is 0 Å². The Morgan fingerprint density at radius 2 is 2.44 bits per heavy atom. The fraction of sp³-hybridized carbons (Fsp3) is 0.462. The van der Waals surface area contributed by atoms with Crippen LogP contribution in [0, 0.1) is 0 Å². The van der Waals surface area contributed by atoms with Crippen LogP contribution in [0.5, 0.6) is 0 Å². The second kappa shape index (κ2) is 6.18. The molecule has 1 aromatic rings. The molecule has 0 spiro atoms. The first-order valence-electron chi connectivity index (χ1n) is 5.99. The highest BCUT2D eigenvalue weighted by atomic mass is 35.5. The standard InChI is InChI=1S/C13H17ClN2O2/c1-16(8-12-9-18-6-5-15-12)13(17)10-3-2-4-11(14)7-10/h2-4,7,12,15H,5-6,8-9H2,1H3. The van der Waals surface area contributed by atoms with Crippen molar-refractivity contribution < 1.29 is 9.53 Å². The molecule has 0 aromatic heterocycles. The first kappa shape index (κ1) is 13.3. The fourth-order valence-corrected chi connectivity index (χ4v) is 2.18. The summed E-state index contributed by atoms with van der Waals surface area (Å²) in [4.78, 5) is 13.9. The molecule has 18 heavy (non-hydrogen) atoms. The average Bonchev–Trinajstić information content (AvgIpc) is 2.39. The van der Waals surface area contributed by atoms with Gasteiger partial charge < -0.3 is 15.0 Å². The van der Waals surface area contributed by atoms with Gasteiger partial charge in [-0.3, -0.25) is 4.79 Å². The average molecular weight is 269 g/mol. The van der Waals surface area contributed by atoms with Gasteiger partial charge in [0.05, 0.1) is 13.2 Å². The quantitative estimate of drug-likeness (QED) is 0.901. The van der Waals surface area contributed by atoms with Crippen molar-refractivity contribution in [3.05, 3.63) is 34.9 Å². The summed E-state index contributed by atoms with van der Waals surface area (Å²) in [6.45, 7) is 2.85. The maximum absolute atomic E-state index is 12.2. The SMILES string of the molecule is CN(CC1COCCN1)C(=O)c1cccc(Cl)c1. The van der Waals surface area contributed by atoms with E-state index in [1.807, 2.05) is 0 Å². The number of carbonyl (C=O) groups excluding carboxylic acids is 1. The van der Waals surface area contributed by atoms with E-state index in [-0.39, 0.29) is 11.9 Å². The predicted octanol–water partition coefficient (Wildman–Crippen LogP) is 1.40. The molecule has 1 atom stereocenters. The van der Waals surface area contributed by atoms with E-state index in [0.29, 0.717) is 23.7 Å². The Morgan fingerprint density at radius 1 is 1.61 bits per heavy atom. The number of nitrogens with one attached hydrogen (secondary N) is 1. The summed E-state index contributed by atoms with van der Waals surface area (Å²) in [6.07, 6.45) is 0. The Bertz CT molecular complexity index is 419. The number of hydrogen-bond donors (Lipinski definition) is 1. The summed E-state index contributed by atoms with van der Waals surface area (Å²) in [5, 5.41) is 3.90. The number of carbonyl (C=O) groups is 1. The number of hydrogen-bond acceptors (Lipinski definition) is 3. The molecule has 1 heterocycles. The highest BCUT2D eigenvalue weighted by Crippen LogP contribution is 2.12. The number of benzene rings is 1. The lowest BCUT2D eigenvalue weighted by Gasteiger charge is -2.28. The van der Waals surface area contributed by atoms with Crippen LogP contribution in [0.4, 0.5) is 0 Å². The van der Waals surface area contributed by atoms with Crippen LogP contribution < -0.4 is 5.32 Å². The Morgan fingerprint density at radius 3 is 3.11 bits per heavy atom. The van der Waals surface area contributed by atoms with Crippen LogP contribution in [0.1, 0.15) is 10.4 Å². The molecule has 1 saturated heterocycles. The van der Waals surface area contributed by atoms with Crippen molar-refractivity contribution in [2.24, 2.45) is 0 Å². The van der Waals surface area contributed by atoms with Gasteiger partial charge in [0.1, 0.15) is 0 Å². The van der Waals surface area contributed by atoms with E-state index in [0.717, 1.165) is 13.2 Å². The second-order valence-electron chi connectivity index (χ2n) is 4.42. The molecule has 0 saturated carbocycles. The van der Waals surface area contributed by atoms with E-state index in [1.165, 1.54) is 0 Å². The minimum Gasteiger partial charge on any atom is -0.378 e. The Kier molecular flexibility index (Phi) is 4.58. The molecule has 4 nitrogen and oxygen atoms in total. The van der Waals surface area contributed by atoms with Crippen molar-refractivity contribution in [2.75, 3.05) is 33.4 Å². The zero-order valence-electron chi connectivity index (χ0n) is 10.4. The number of morpholine rings is 1. The Balaban J connectivity index is 1.95. The largest absolute Gasteiger partial charge is 0.378 e. The monoisotopic (exact) mass is 268 g/mol. The third kappa shape index (κ3) is 3.45. The molecule has 1 aliphatic rings. The van der Waals surface area contributed by atoms with Crippen LogP contribution in [-0.2, 0) is 4.74 Å². The zero-order chi connectivity index (χ0) is 13.0. The molecule has 1 unspecified atom stereocenters. The zero-order valence-corrected chi connectivity index (χ0v) is 11.1. The van der Waals surface area contributed by atoms with Crippen molar-refractivity contribution >= 4 is 17.5 Å². The van der Waals surface area contributed by atoms with Crippen LogP contribution >= 0.6 is 11.6 Å². The van der Waals surface area contributed by atoms with Crippen LogP contribution in [-0.4, -0.2) is 50.2 Å². The summed E-state index contributed by atoms with van der Waals surface area (Å²) in [7, 11) is 1.79. The van der Waals surface area contributed by atoms with Crippen LogP contribution in [0.2, 0.25) is 5.02 Å². The summed E-state index contributed by atoms with van der Waals surface area (Å²) in [5.41, 5.74) is 0.613.